The SMILES string of the molecule is Nc1ccc(C(=O)NC2CCCS(=O)(=O)C2)cc1Cl. The minimum atomic E-state index is -3.04. The molecule has 1 aliphatic rings. The third-order valence-electron chi connectivity index (χ3n) is 3.06. The largest absolute Gasteiger partial charge is 0.398 e. The molecule has 1 aromatic carbocycles. The Labute approximate surface area is 117 Å². The lowest BCUT2D eigenvalue weighted by molar-refractivity contribution is 0.0938. The molecule has 7 heteroatoms. The summed E-state index contributed by atoms with van der Waals surface area (Å²) >= 11 is 5.85. The van der Waals surface area contributed by atoms with Gasteiger partial charge in [0.2, 0.25) is 0 Å². The first-order valence-corrected chi connectivity index (χ1v) is 8.14. The molecule has 1 unspecified atom stereocenters. The van der Waals surface area contributed by atoms with Crippen LogP contribution in [0.1, 0.15) is 23.2 Å². The van der Waals surface area contributed by atoms with Gasteiger partial charge in [-0.15, -0.1) is 0 Å². The molecule has 104 valence electrons. The Morgan fingerprint density at radius 1 is 1.42 bits per heavy atom. The summed E-state index contributed by atoms with van der Waals surface area (Å²) in [6.07, 6.45) is 1.25. The van der Waals surface area contributed by atoms with E-state index in [2.05, 4.69) is 5.32 Å². The van der Waals surface area contributed by atoms with Gasteiger partial charge in [0.1, 0.15) is 0 Å². The van der Waals surface area contributed by atoms with Gasteiger partial charge in [-0.25, -0.2) is 8.42 Å². The second-order valence-corrected chi connectivity index (χ2v) is 7.30. The maximum absolute atomic E-state index is 12.0. The fourth-order valence-corrected chi connectivity index (χ4v) is 3.89. The van der Waals surface area contributed by atoms with Crippen molar-refractivity contribution < 1.29 is 13.2 Å². The quantitative estimate of drug-likeness (QED) is 0.804. The van der Waals surface area contributed by atoms with E-state index in [1.54, 1.807) is 12.1 Å². The molecular weight excluding hydrogens is 288 g/mol. The number of benzene rings is 1. The smallest absolute Gasteiger partial charge is 0.251 e. The van der Waals surface area contributed by atoms with Crippen molar-refractivity contribution in [1.82, 2.24) is 5.32 Å². The number of nitrogens with one attached hydrogen (secondary N) is 1. The van der Waals surface area contributed by atoms with Crippen LogP contribution in [0.15, 0.2) is 18.2 Å². The molecule has 19 heavy (non-hydrogen) atoms. The molecule has 1 atom stereocenters. The average Bonchev–Trinajstić information content (AvgIpc) is 2.31. The Hall–Kier alpha value is -1.27. The Morgan fingerprint density at radius 3 is 2.79 bits per heavy atom. The predicted octanol–water partition coefficient (Wildman–Crippen LogP) is 1.23. The molecule has 1 saturated heterocycles. The van der Waals surface area contributed by atoms with E-state index in [-0.39, 0.29) is 23.5 Å². The summed E-state index contributed by atoms with van der Waals surface area (Å²) in [6, 6.07) is 4.26. The highest BCUT2D eigenvalue weighted by Gasteiger charge is 2.26. The Bertz CT molecular complexity index is 601. The highest BCUT2D eigenvalue weighted by Crippen LogP contribution is 2.20. The van der Waals surface area contributed by atoms with Gasteiger partial charge in [-0.05, 0) is 31.0 Å². The van der Waals surface area contributed by atoms with Crippen LogP contribution < -0.4 is 11.1 Å². The molecule has 3 N–H and O–H groups in total. The number of hydrogen-bond acceptors (Lipinski definition) is 4. The molecule has 1 amide bonds. The molecule has 0 radical (unpaired) electrons. The third kappa shape index (κ3) is 3.61. The summed E-state index contributed by atoms with van der Waals surface area (Å²) in [5.74, 6) is -0.127. The number of nitrogens with two attached hydrogens (primary N) is 1. The van der Waals surface area contributed by atoms with Crippen molar-refractivity contribution in [2.24, 2.45) is 0 Å². The molecule has 0 saturated carbocycles. The third-order valence-corrected chi connectivity index (χ3v) is 5.21. The van der Waals surface area contributed by atoms with E-state index in [9.17, 15) is 13.2 Å². The summed E-state index contributed by atoms with van der Waals surface area (Å²) in [4.78, 5) is 12.0. The van der Waals surface area contributed by atoms with E-state index in [1.165, 1.54) is 6.07 Å². The number of carbonyl (C=O) groups is 1. The number of halogens is 1. The van der Waals surface area contributed by atoms with E-state index < -0.39 is 9.84 Å². The fourth-order valence-electron chi connectivity index (χ4n) is 2.07. The van der Waals surface area contributed by atoms with E-state index >= 15 is 0 Å². The molecule has 1 aliphatic heterocycles. The minimum Gasteiger partial charge on any atom is -0.398 e. The van der Waals surface area contributed by atoms with Gasteiger partial charge < -0.3 is 11.1 Å². The van der Waals surface area contributed by atoms with Crippen molar-refractivity contribution in [3.63, 3.8) is 0 Å². The molecular formula is C12H15ClN2O3S. The molecule has 0 aliphatic carbocycles. The zero-order valence-electron chi connectivity index (χ0n) is 10.2. The molecule has 0 spiro atoms. The molecule has 0 aromatic heterocycles. The molecule has 1 heterocycles. The fraction of sp³-hybridized carbons (Fsp3) is 0.417. The van der Waals surface area contributed by atoms with Gasteiger partial charge >= 0.3 is 0 Å². The van der Waals surface area contributed by atoms with Gasteiger partial charge in [-0.1, -0.05) is 11.6 Å². The number of amides is 1. The maximum atomic E-state index is 12.0. The van der Waals surface area contributed by atoms with Gasteiger partial charge in [0.05, 0.1) is 22.2 Å². The first kappa shape index (κ1) is 14.1. The minimum absolute atomic E-state index is 0.00143. The van der Waals surface area contributed by atoms with Crippen LogP contribution in [-0.2, 0) is 9.84 Å². The van der Waals surface area contributed by atoms with Crippen molar-refractivity contribution in [2.45, 2.75) is 18.9 Å². The average molecular weight is 303 g/mol. The van der Waals surface area contributed by atoms with Crippen LogP contribution in [0.2, 0.25) is 5.02 Å². The number of rotatable bonds is 2. The second-order valence-electron chi connectivity index (χ2n) is 4.66. The molecule has 5 nitrogen and oxygen atoms in total. The normalized spacial score (nSPS) is 21.8. The van der Waals surface area contributed by atoms with Crippen LogP contribution in [0.5, 0.6) is 0 Å². The summed E-state index contributed by atoms with van der Waals surface area (Å²) < 4.78 is 23.0. The molecule has 0 bridgehead atoms. The first-order valence-electron chi connectivity index (χ1n) is 5.94. The van der Waals surface area contributed by atoms with Crippen molar-refractivity contribution in [2.75, 3.05) is 17.2 Å². The summed E-state index contributed by atoms with van der Waals surface area (Å²) in [5, 5.41) is 3.03. The van der Waals surface area contributed by atoms with Gasteiger partial charge in [0.25, 0.3) is 5.91 Å². The lowest BCUT2D eigenvalue weighted by Gasteiger charge is -2.23. The van der Waals surface area contributed by atoms with E-state index in [4.69, 9.17) is 17.3 Å². The summed E-state index contributed by atoms with van der Waals surface area (Å²) in [5.41, 5.74) is 6.34. The molecule has 1 aromatic rings. The van der Waals surface area contributed by atoms with Crippen LogP contribution in [0.3, 0.4) is 0 Å². The summed E-state index contributed by atoms with van der Waals surface area (Å²) in [7, 11) is -3.04. The van der Waals surface area contributed by atoms with Gasteiger partial charge in [-0.3, -0.25) is 4.79 Å². The van der Waals surface area contributed by atoms with Crippen LogP contribution in [0, 0.1) is 0 Å². The van der Waals surface area contributed by atoms with Gasteiger partial charge in [0.15, 0.2) is 9.84 Å². The maximum Gasteiger partial charge on any atom is 0.251 e. The number of anilines is 1. The highest BCUT2D eigenvalue weighted by atomic mass is 35.5. The zero-order chi connectivity index (χ0) is 14.0. The van der Waals surface area contributed by atoms with Crippen molar-refractivity contribution in [1.29, 1.82) is 0 Å². The Balaban J connectivity index is 2.06. The van der Waals surface area contributed by atoms with Crippen LogP contribution >= 0.6 is 11.6 Å². The lowest BCUT2D eigenvalue weighted by Crippen LogP contribution is -2.43. The van der Waals surface area contributed by atoms with Crippen molar-refractivity contribution >= 4 is 33.0 Å². The monoisotopic (exact) mass is 302 g/mol. The van der Waals surface area contributed by atoms with E-state index in [1.807, 2.05) is 0 Å². The van der Waals surface area contributed by atoms with Crippen molar-refractivity contribution in [3.8, 4) is 0 Å². The van der Waals surface area contributed by atoms with E-state index in [0.29, 0.717) is 29.1 Å². The Morgan fingerprint density at radius 2 is 2.16 bits per heavy atom. The van der Waals surface area contributed by atoms with Crippen LogP contribution in [-0.4, -0.2) is 31.9 Å². The lowest BCUT2D eigenvalue weighted by atomic mass is 10.1. The number of sulfone groups is 1. The molecule has 2 rings (SSSR count). The Kier molecular flexibility index (Phi) is 4.01. The summed E-state index contributed by atoms with van der Waals surface area (Å²) in [6.45, 7) is 0. The van der Waals surface area contributed by atoms with Crippen LogP contribution in [0.4, 0.5) is 5.69 Å². The number of carbonyl (C=O) groups excluding carboxylic acids is 1. The predicted molar refractivity (Wildman–Crippen MR) is 75.0 cm³/mol. The van der Waals surface area contributed by atoms with Gasteiger partial charge in [-0.2, -0.15) is 0 Å². The standard InChI is InChI=1S/C12H15ClN2O3S/c13-10-6-8(3-4-11(10)14)12(16)15-9-2-1-5-19(17,18)7-9/h3-4,6,9H,1-2,5,7,14H2,(H,15,16). The van der Waals surface area contributed by atoms with Crippen LogP contribution in [0.25, 0.3) is 0 Å². The molecule has 1 fully saturated rings. The number of hydrogen-bond donors (Lipinski definition) is 2. The highest BCUT2D eigenvalue weighted by molar-refractivity contribution is 7.91. The number of nitrogen functional groups attached to an aromatic ring is 1. The second kappa shape index (κ2) is 5.38. The topological polar surface area (TPSA) is 89.3 Å². The van der Waals surface area contributed by atoms with Gasteiger partial charge in [0, 0.05) is 11.6 Å². The van der Waals surface area contributed by atoms with E-state index in [0.717, 1.165) is 0 Å². The first-order chi connectivity index (χ1) is 8.87. The zero-order valence-corrected chi connectivity index (χ0v) is 11.8. The van der Waals surface area contributed by atoms with Crippen molar-refractivity contribution in [3.05, 3.63) is 28.8 Å².